The van der Waals surface area contributed by atoms with Crippen LogP contribution in [0.5, 0.6) is 0 Å². The van der Waals surface area contributed by atoms with Crippen molar-refractivity contribution in [1.82, 2.24) is 10.2 Å². The molecule has 3 unspecified atom stereocenters. The minimum absolute atomic E-state index is 0.297. The number of nitrogens with one attached hydrogen (secondary N) is 1. The molecule has 0 radical (unpaired) electrons. The van der Waals surface area contributed by atoms with Gasteiger partial charge in [0, 0.05) is 19.6 Å². The Balaban J connectivity index is 2.41. The molecule has 0 bridgehead atoms. The molecule has 17 heavy (non-hydrogen) atoms. The molecule has 1 N–H and O–H groups in total. The normalized spacial score (nSPS) is 29.6. The highest BCUT2D eigenvalue weighted by molar-refractivity contribution is 5.03. The number of morpholine rings is 1. The van der Waals surface area contributed by atoms with Crippen molar-refractivity contribution >= 4 is 0 Å². The van der Waals surface area contributed by atoms with Crippen molar-refractivity contribution in [1.29, 1.82) is 5.26 Å². The first-order valence-corrected chi connectivity index (χ1v) is 6.53. The largest absolute Gasteiger partial charge is 0.373 e. The quantitative estimate of drug-likeness (QED) is 0.787. The molecule has 1 aliphatic rings. The van der Waals surface area contributed by atoms with Crippen LogP contribution < -0.4 is 5.32 Å². The molecule has 1 aliphatic heterocycles. The predicted octanol–water partition coefficient (Wildman–Crippen LogP) is 1.38. The summed E-state index contributed by atoms with van der Waals surface area (Å²) >= 11 is 0. The van der Waals surface area contributed by atoms with E-state index in [2.05, 4.69) is 30.1 Å². The summed E-state index contributed by atoms with van der Waals surface area (Å²) in [5, 5.41) is 12.4. The summed E-state index contributed by atoms with van der Waals surface area (Å²) in [7, 11) is 0. The van der Waals surface area contributed by atoms with Crippen LogP contribution in [0.1, 0.15) is 34.1 Å². The van der Waals surface area contributed by atoms with Gasteiger partial charge in [0.25, 0.3) is 0 Å². The zero-order valence-electron chi connectivity index (χ0n) is 11.5. The molecule has 3 atom stereocenters. The van der Waals surface area contributed by atoms with E-state index in [1.54, 1.807) is 0 Å². The molecular formula is C13H25N3O. The smallest absolute Gasteiger partial charge is 0.105 e. The van der Waals surface area contributed by atoms with Gasteiger partial charge in [-0.25, -0.2) is 0 Å². The highest BCUT2D eigenvalue weighted by atomic mass is 16.5. The van der Waals surface area contributed by atoms with E-state index in [4.69, 9.17) is 4.74 Å². The molecule has 0 aromatic rings. The van der Waals surface area contributed by atoms with Crippen LogP contribution in [0.3, 0.4) is 0 Å². The molecule has 1 rings (SSSR count). The number of nitriles is 1. The zero-order chi connectivity index (χ0) is 12.9. The summed E-state index contributed by atoms with van der Waals surface area (Å²) in [5.74, 6) is 0. The molecule has 1 fully saturated rings. The molecule has 98 valence electrons. The Morgan fingerprint density at radius 1 is 1.41 bits per heavy atom. The first-order chi connectivity index (χ1) is 7.99. The van der Waals surface area contributed by atoms with Crippen molar-refractivity contribution in [2.45, 2.75) is 51.9 Å². The highest BCUT2D eigenvalue weighted by Gasteiger charge is 2.26. The van der Waals surface area contributed by atoms with E-state index in [1.807, 2.05) is 13.8 Å². The zero-order valence-corrected chi connectivity index (χ0v) is 11.5. The number of ether oxygens (including phenoxy) is 1. The molecule has 4 nitrogen and oxygen atoms in total. The lowest BCUT2D eigenvalue weighted by molar-refractivity contribution is -0.0689. The van der Waals surface area contributed by atoms with E-state index in [1.165, 1.54) is 0 Å². The van der Waals surface area contributed by atoms with E-state index in [0.717, 1.165) is 32.6 Å². The fourth-order valence-electron chi connectivity index (χ4n) is 2.42. The van der Waals surface area contributed by atoms with Gasteiger partial charge in [-0.05, 0) is 33.7 Å². The van der Waals surface area contributed by atoms with E-state index < -0.39 is 5.54 Å². The minimum atomic E-state index is -0.403. The van der Waals surface area contributed by atoms with Crippen LogP contribution in [0.2, 0.25) is 0 Å². The first-order valence-electron chi connectivity index (χ1n) is 6.53. The average Bonchev–Trinajstić information content (AvgIpc) is 2.26. The Morgan fingerprint density at radius 3 is 2.47 bits per heavy atom. The molecule has 1 heterocycles. The lowest BCUT2D eigenvalue weighted by Crippen LogP contribution is -2.49. The van der Waals surface area contributed by atoms with Gasteiger partial charge in [-0.1, -0.05) is 6.92 Å². The molecule has 1 saturated heterocycles. The second-order valence-electron chi connectivity index (χ2n) is 5.24. The van der Waals surface area contributed by atoms with Gasteiger partial charge in [0.05, 0.1) is 18.3 Å². The van der Waals surface area contributed by atoms with Gasteiger partial charge in [0.2, 0.25) is 0 Å². The van der Waals surface area contributed by atoms with Gasteiger partial charge in [-0.15, -0.1) is 0 Å². The van der Waals surface area contributed by atoms with Crippen LogP contribution in [0.4, 0.5) is 0 Å². The molecule has 4 heteroatoms. The Hall–Kier alpha value is -0.630. The molecule has 0 aliphatic carbocycles. The van der Waals surface area contributed by atoms with Gasteiger partial charge in [0.15, 0.2) is 0 Å². The lowest BCUT2D eigenvalue weighted by atomic mass is 9.99. The van der Waals surface area contributed by atoms with Crippen molar-refractivity contribution in [3.05, 3.63) is 0 Å². The average molecular weight is 239 g/mol. The van der Waals surface area contributed by atoms with Gasteiger partial charge in [-0.2, -0.15) is 5.26 Å². The Kier molecular flexibility index (Phi) is 5.38. The fourth-order valence-corrected chi connectivity index (χ4v) is 2.42. The van der Waals surface area contributed by atoms with Crippen LogP contribution in [0, 0.1) is 11.3 Å². The number of hydrogen-bond acceptors (Lipinski definition) is 4. The summed E-state index contributed by atoms with van der Waals surface area (Å²) < 4.78 is 5.70. The number of nitrogens with zero attached hydrogens (tertiary/aromatic N) is 2. The molecule has 0 aromatic carbocycles. The maximum atomic E-state index is 9.19. The van der Waals surface area contributed by atoms with Gasteiger partial charge >= 0.3 is 0 Å². The second-order valence-corrected chi connectivity index (χ2v) is 5.24. The maximum absolute atomic E-state index is 9.19. The molecule has 0 spiro atoms. The van der Waals surface area contributed by atoms with Crippen molar-refractivity contribution in [3.63, 3.8) is 0 Å². The van der Waals surface area contributed by atoms with Crippen molar-refractivity contribution in [2.24, 2.45) is 0 Å². The summed E-state index contributed by atoms with van der Waals surface area (Å²) in [6.45, 7) is 12.0. The van der Waals surface area contributed by atoms with Crippen molar-refractivity contribution in [3.8, 4) is 6.07 Å². The molecule has 0 amide bonds. The Morgan fingerprint density at radius 2 is 2.00 bits per heavy atom. The van der Waals surface area contributed by atoms with Crippen molar-refractivity contribution in [2.75, 3.05) is 26.2 Å². The third kappa shape index (κ3) is 4.63. The SMILES string of the molecule is CCNC(C)(C#N)CCN1CC(C)OC(C)C1. The highest BCUT2D eigenvalue weighted by Crippen LogP contribution is 2.14. The van der Waals surface area contributed by atoms with Crippen LogP contribution in [-0.2, 0) is 4.74 Å². The molecule has 0 aromatic heterocycles. The minimum Gasteiger partial charge on any atom is -0.373 e. The van der Waals surface area contributed by atoms with E-state index in [0.29, 0.717) is 12.2 Å². The summed E-state index contributed by atoms with van der Waals surface area (Å²) in [5.41, 5.74) is -0.403. The predicted molar refractivity (Wildman–Crippen MR) is 68.8 cm³/mol. The summed E-state index contributed by atoms with van der Waals surface area (Å²) in [4.78, 5) is 2.39. The van der Waals surface area contributed by atoms with Gasteiger partial charge in [-0.3, -0.25) is 10.2 Å². The second kappa shape index (κ2) is 6.34. The molecule has 0 saturated carbocycles. The topological polar surface area (TPSA) is 48.3 Å². The van der Waals surface area contributed by atoms with Crippen LogP contribution in [0.25, 0.3) is 0 Å². The fraction of sp³-hybridized carbons (Fsp3) is 0.923. The van der Waals surface area contributed by atoms with Crippen molar-refractivity contribution < 1.29 is 4.74 Å². The maximum Gasteiger partial charge on any atom is 0.105 e. The number of hydrogen-bond donors (Lipinski definition) is 1. The van der Waals surface area contributed by atoms with Crippen LogP contribution in [-0.4, -0.2) is 48.8 Å². The summed E-state index contributed by atoms with van der Waals surface area (Å²) in [6.07, 6.45) is 1.45. The van der Waals surface area contributed by atoms with Gasteiger partial charge in [0.1, 0.15) is 5.54 Å². The third-order valence-electron chi connectivity index (χ3n) is 3.24. The lowest BCUT2D eigenvalue weighted by Gasteiger charge is -2.36. The van der Waals surface area contributed by atoms with Crippen LogP contribution in [0.15, 0.2) is 0 Å². The van der Waals surface area contributed by atoms with E-state index >= 15 is 0 Å². The van der Waals surface area contributed by atoms with E-state index in [9.17, 15) is 5.26 Å². The monoisotopic (exact) mass is 239 g/mol. The molecular weight excluding hydrogens is 214 g/mol. The van der Waals surface area contributed by atoms with Crippen LogP contribution >= 0.6 is 0 Å². The number of rotatable bonds is 5. The third-order valence-corrected chi connectivity index (χ3v) is 3.24. The van der Waals surface area contributed by atoms with Gasteiger partial charge < -0.3 is 4.74 Å². The standard InChI is InChI=1S/C13H25N3O/c1-5-15-13(4,10-14)6-7-16-8-11(2)17-12(3)9-16/h11-12,15H,5-9H2,1-4H3. The Bertz CT molecular complexity index is 266. The van der Waals surface area contributed by atoms with E-state index in [-0.39, 0.29) is 0 Å². The summed E-state index contributed by atoms with van der Waals surface area (Å²) in [6, 6.07) is 2.37. The first kappa shape index (κ1) is 14.4. The Labute approximate surface area is 105 Å².